The van der Waals surface area contributed by atoms with Crippen LogP contribution in [0.5, 0.6) is 0 Å². The van der Waals surface area contributed by atoms with Gasteiger partial charge in [0.05, 0.1) is 5.56 Å². The number of pyridine rings is 2. The predicted molar refractivity (Wildman–Crippen MR) is 107 cm³/mol. The number of nitrogens with two attached hydrogens (primary N) is 2. The largest absolute Gasteiger partial charge is 0.433 e. The fourth-order valence-corrected chi connectivity index (χ4v) is 3.92. The lowest BCUT2D eigenvalue weighted by Gasteiger charge is -2.13. The average Bonchev–Trinajstić information content (AvgIpc) is 3.27. The van der Waals surface area contributed by atoms with E-state index in [1.54, 1.807) is 22.9 Å². The Hall–Kier alpha value is -3.46. The van der Waals surface area contributed by atoms with Crippen LogP contribution in [0.3, 0.4) is 0 Å². The van der Waals surface area contributed by atoms with Crippen molar-refractivity contribution in [1.82, 2.24) is 19.5 Å². The Morgan fingerprint density at radius 2 is 1.90 bits per heavy atom. The van der Waals surface area contributed by atoms with Gasteiger partial charge >= 0.3 is 6.18 Å². The minimum Gasteiger partial charge on any atom is -0.383 e. The molecule has 0 saturated heterocycles. The van der Waals surface area contributed by atoms with Gasteiger partial charge in [0.15, 0.2) is 11.5 Å². The van der Waals surface area contributed by atoms with Crippen LogP contribution in [0.2, 0.25) is 0 Å². The molecule has 4 N–H and O–H groups in total. The molecule has 4 aromatic rings. The van der Waals surface area contributed by atoms with E-state index < -0.39 is 11.9 Å². The number of fused-ring (bicyclic) bond motifs is 2. The summed E-state index contributed by atoms with van der Waals surface area (Å²) in [6.45, 7) is 0. The van der Waals surface area contributed by atoms with Gasteiger partial charge in [-0.2, -0.15) is 13.2 Å². The van der Waals surface area contributed by atoms with Crippen LogP contribution in [0.25, 0.3) is 28.2 Å². The maximum Gasteiger partial charge on any atom is 0.433 e. The Kier molecular flexibility index (Phi) is 4.04. The summed E-state index contributed by atoms with van der Waals surface area (Å²) >= 11 is 0. The number of imidazole rings is 1. The number of nitrogen functional groups attached to an aromatic ring is 1. The van der Waals surface area contributed by atoms with Gasteiger partial charge < -0.3 is 11.5 Å². The molecule has 0 saturated carbocycles. The van der Waals surface area contributed by atoms with Crippen molar-refractivity contribution in [1.29, 1.82) is 0 Å². The van der Waals surface area contributed by atoms with E-state index in [0.717, 1.165) is 30.0 Å². The van der Waals surface area contributed by atoms with Crippen LogP contribution in [0.15, 0.2) is 48.7 Å². The highest BCUT2D eigenvalue weighted by atomic mass is 19.4. The molecule has 152 valence electrons. The first-order valence-electron chi connectivity index (χ1n) is 9.39. The SMILES string of the molecule is Nc1ncccc1-c1nc2ccc(C(F)(F)F)nc2n1-c1ccc2c(c1)CC[C@@H]2N. The van der Waals surface area contributed by atoms with Crippen LogP contribution in [0, 0.1) is 0 Å². The molecule has 0 fully saturated rings. The second-order valence-corrected chi connectivity index (χ2v) is 7.27. The van der Waals surface area contributed by atoms with Crippen molar-refractivity contribution in [3.8, 4) is 17.1 Å². The minimum absolute atomic E-state index is 0.0306. The number of rotatable bonds is 2. The summed E-state index contributed by atoms with van der Waals surface area (Å²) < 4.78 is 41.6. The minimum atomic E-state index is -4.57. The fraction of sp³-hybridized carbons (Fsp3) is 0.190. The van der Waals surface area contributed by atoms with Gasteiger partial charge in [0.1, 0.15) is 17.0 Å². The number of hydrogen-bond acceptors (Lipinski definition) is 5. The van der Waals surface area contributed by atoms with Crippen molar-refractivity contribution in [2.75, 3.05) is 5.73 Å². The van der Waals surface area contributed by atoms with Crippen molar-refractivity contribution in [3.05, 3.63) is 65.5 Å². The normalized spacial score (nSPS) is 16.2. The van der Waals surface area contributed by atoms with E-state index in [0.29, 0.717) is 22.6 Å². The third-order valence-electron chi connectivity index (χ3n) is 5.38. The molecule has 1 aliphatic rings. The monoisotopic (exact) mass is 410 g/mol. The number of hydrogen-bond donors (Lipinski definition) is 2. The molecule has 3 heterocycles. The molecular weight excluding hydrogens is 393 g/mol. The summed E-state index contributed by atoms with van der Waals surface area (Å²) in [5.74, 6) is 0.609. The molecule has 1 aliphatic carbocycles. The number of benzene rings is 1. The first-order chi connectivity index (χ1) is 14.3. The van der Waals surface area contributed by atoms with Gasteiger partial charge in [-0.25, -0.2) is 15.0 Å². The van der Waals surface area contributed by atoms with E-state index in [-0.39, 0.29) is 17.5 Å². The van der Waals surface area contributed by atoms with Crippen LogP contribution in [0.4, 0.5) is 19.0 Å². The zero-order valence-corrected chi connectivity index (χ0v) is 15.7. The summed E-state index contributed by atoms with van der Waals surface area (Å²) in [5.41, 5.74) is 14.9. The van der Waals surface area contributed by atoms with Crippen molar-refractivity contribution < 1.29 is 13.2 Å². The van der Waals surface area contributed by atoms with Gasteiger partial charge in [-0.3, -0.25) is 4.57 Å². The summed E-state index contributed by atoms with van der Waals surface area (Å²) in [6.07, 6.45) is -1.38. The molecule has 1 atom stereocenters. The topological polar surface area (TPSA) is 95.6 Å². The lowest BCUT2D eigenvalue weighted by molar-refractivity contribution is -0.141. The van der Waals surface area contributed by atoms with Crippen LogP contribution in [-0.4, -0.2) is 19.5 Å². The summed E-state index contributed by atoms with van der Waals surface area (Å²) in [6, 6.07) is 11.3. The Bertz CT molecular complexity index is 1280. The quantitative estimate of drug-likeness (QED) is 0.520. The molecule has 3 aromatic heterocycles. The molecule has 0 spiro atoms. The van der Waals surface area contributed by atoms with Crippen LogP contribution >= 0.6 is 0 Å². The summed E-state index contributed by atoms with van der Waals surface area (Å²) in [5, 5.41) is 0. The number of alkyl halides is 3. The lowest BCUT2D eigenvalue weighted by atomic mass is 10.1. The number of nitrogens with zero attached hydrogens (tertiary/aromatic N) is 4. The molecule has 30 heavy (non-hydrogen) atoms. The Balaban J connectivity index is 1.81. The van der Waals surface area contributed by atoms with Crippen molar-refractivity contribution >= 4 is 17.0 Å². The first-order valence-corrected chi connectivity index (χ1v) is 9.39. The van der Waals surface area contributed by atoms with Crippen molar-refractivity contribution in [3.63, 3.8) is 0 Å². The Labute approximate surface area is 169 Å². The number of anilines is 1. The highest BCUT2D eigenvalue weighted by molar-refractivity contribution is 5.83. The molecule has 1 aromatic carbocycles. The van der Waals surface area contributed by atoms with E-state index in [9.17, 15) is 13.2 Å². The predicted octanol–water partition coefficient (Wildman–Crippen LogP) is 4.03. The zero-order chi connectivity index (χ0) is 21.0. The molecule has 5 rings (SSSR count). The zero-order valence-electron chi connectivity index (χ0n) is 15.7. The van der Waals surface area contributed by atoms with E-state index in [4.69, 9.17) is 11.5 Å². The standard InChI is InChI=1S/C21H17F3N6/c22-21(23,24)17-8-7-16-20(29-17)30(19(28-16)14-2-1-9-27-18(14)26)12-4-5-13-11(10-12)3-6-15(13)25/h1-2,4-5,7-10,15H,3,6,25H2,(H2,26,27)/t15-/m0/s1. The van der Waals surface area contributed by atoms with Crippen LogP contribution < -0.4 is 11.5 Å². The highest BCUT2D eigenvalue weighted by Crippen LogP contribution is 2.36. The van der Waals surface area contributed by atoms with Gasteiger partial charge in [-0.05, 0) is 60.4 Å². The maximum absolute atomic E-state index is 13.3. The van der Waals surface area contributed by atoms with E-state index >= 15 is 0 Å². The smallest absolute Gasteiger partial charge is 0.383 e. The van der Waals surface area contributed by atoms with E-state index in [1.165, 1.54) is 6.07 Å². The molecule has 0 unspecified atom stereocenters. The van der Waals surface area contributed by atoms with Crippen LogP contribution in [0.1, 0.15) is 29.3 Å². The molecule has 9 heteroatoms. The van der Waals surface area contributed by atoms with Crippen molar-refractivity contribution in [2.45, 2.75) is 25.1 Å². The van der Waals surface area contributed by atoms with Gasteiger partial charge in [0, 0.05) is 17.9 Å². The molecule has 0 amide bonds. The van der Waals surface area contributed by atoms with Gasteiger partial charge in [0.2, 0.25) is 0 Å². The molecule has 0 aliphatic heterocycles. The molecule has 6 nitrogen and oxygen atoms in total. The Morgan fingerprint density at radius 3 is 2.67 bits per heavy atom. The van der Waals surface area contributed by atoms with Crippen LogP contribution in [-0.2, 0) is 12.6 Å². The average molecular weight is 410 g/mol. The third kappa shape index (κ3) is 2.89. The van der Waals surface area contributed by atoms with E-state index in [2.05, 4.69) is 15.0 Å². The van der Waals surface area contributed by atoms with Gasteiger partial charge in [-0.1, -0.05) is 6.07 Å². The van der Waals surface area contributed by atoms with Gasteiger partial charge in [-0.15, -0.1) is 0 Å². The third-order valence-corrected chi connectivity index (χ3v) is 5.38. The maximum atomic E-state index is 13.3. The lowest BCUT2D eigenvalue weighted by Crippen LogP contribution is -2.09. The first kappa shape index (κ1) is 18.6. The fourth-order valence-electron chi connectivity index (χ4n) is 3.92. The molecular formula is C21H17F3N6. The van der Waals surface area contributed by atoms with Crippen molar-refractivity contribution in [2.24, 2.45) is 5.73 Å². The van der Waals surface area contributed by atoms with E-state index in [1.807, 2.05) is 18.2 Å². The highest BCUT2D eigenvalue weighted by Gasteiger charge is 2.33. The summed E-state index contributed by atoms with van der Waals surface area (Å²) in [7, 11) is 0. The second kappa shape index (κ2) is 6.53. The van der Waals surface area contributed by atoms with Gasteiger partial charge in [0.25, 0.3) is 0 Å². The molecule has 0 bridgehead atoms. The Morgan fingerprint density at radius 1 is 1.07 bits per heavy atom. The number of aromatic nitrogens is 4. The second-order valence-electron chi connectivity index (χ2n) is 7.27. The molecule has 0 radical (unpaired) electrons. The number of halogens is 3. The number of aryl methyl sites for hydroxylation is 1. The summed E-state index contributed by atoms with van der Waals surface area (Å²) in [4.78, 5) is 12.5.